The van der Waals surface area contributed by atoms with Gasteiger partial charge in [-0.15, -0.1) is 0 Å². The zero-order valence-electron chi connectivity index (χ0n) is 11.9. The Morgan fingerprint density at radius 3 is 2.60 bits per heavy atom. The second kappa shape index (κ2) is 7.42. The summed E-state index contributed by atoms with van der Waals surface area (Å²) >= 11 is 0. The number of esters is 1. The van der Waals surface area contributed by atoms with Crippen molar-refractivity contribution in [1.82, 2.24) is 4.57 Å². The summed E-state index contributed by atoms with van der Waals surface area (Å²) in [5.41, 5.74) is 1.73. The number of rotatable bonds is 4. The molecule has 0 spiro atoms. The van der Waals surface area contributed by atoms with Crippen LogP contribution < -0.4 is 28.5 Å². The van der Waals surface area contributed by atoms with Crippen molar-refractivity contribution in [3.63, 3.8) is 0 Å². The Balaban J connectivity index is 0.00000200. The number of hydrogen-bond acceptors (Lipinski definition) is 2. The minimum atomic E-state index is -0.286. The largest absolute Gasteiger partial charge is 1.00 e. The van der Waals surface area contributed by atoms with E-state index in [0.29, 0.717) is 12.3 Å². The van der Waals surface area contributed by atoms with E-state index in [1.807, 2.05) is 47.6 Å². The normalized spacial score (nSPS) is 11.6. The minimum Gasteiger partial charge on any atom is -1.00 e. The summed E-state index contributed by atoms with van der Waals surface area (Å²) in [5, 5.41) is 0. The lowest BCUT2D eigenvalue weighted by atomic mass is 10.1. The minimum absolute atomic E-state index is 0. The molecule has 2 aromatic rings. The lowest BCUT2D eigenvalue weighted by molar-refractivity contribution is -0.671. The van der Waals surface area contributed by atoms with Gasteiger partial charge in [0.2, 0.25) is 6.33 Å². The highest BCUT2D eigenvalue weighted by Crippen LogP contribution is 2.19. The number of hydrogen-bond donors (Lipinski definition) is 0. The van der Waals surface area contributed by atoms with E-state index in [1.165, 1.54) is 0 Å². The average Bonchev–Trinajstić information content (AvgIpc) is 2.81. The third-order valence-electron chi connectivity index (χ3n) is 3.09. The fourth-order valence-electron chi connectivity index (χ4n) is 2.12. The molecule has 0 aliphatic carbocycles. The lowest BCUT2D eigenvalue weighted by Crippen LogP contribution is -3.00. The number of carbonyl (C=O) groups excluding carboxylic acids is 1. The van der Waals surface area contributed by atoms with E-state index in [0.717, 1.165) is 5.56 Å². The number of carbonyl (C=O) groups is 1. The van der Waals surface area contributed by atoms with E-state index >= 15 is 0 Å². The summed E-state index contributed by atoms with van der Waals surface area (Å²) in [6.07, 6.45) is 3.70. The molecule has 1 atom stereocenters. The maximum Gasteiger partial charge on any atom is 0.382 e. The molecule has 0 saturated heterocycles. The number of benzene rings is 1. The van der Waals surface area contributed by atoms with Crippen molar-refractivity contribution in [1.29, 1.82) is 0 Å². The van der Waals surface area contributed by atoms with E-state index in [2.05, 4.69) is 19.1 Å². The molecule has 108 valence electrons. The van der Waals surface area contributed by atoms with Crippen molar-refractivity contribution in [3.8, 4) is 0 Å². The van der Waals surface area contributed by atoms with Crippen LogP contribution in [0.2, 0.25) is 0 Å². The third-order valence-corrected chi connectivity index (χ3v) is 3.09. The summed E-state index contributed by atoms with van der Waals surface area (Å²) in [7, 11) is 1.90. The van der Waals surface area contributed by atoms with Crippen LogP contribution in [0.1, 0.15) is 35.9 Å². The summed E-state index contributed by atoms with van der Waals surface area (Å²) in [4.78, 5) is 12.0. The number of halogens is 1. The van der Waals surface area contributed by atoms with E-state index < -0.39 is 0 Å². The van der Waals surface area contributed by atoms with E-state index in [9.17, 15) is 4.79 Å². The Bertz CT molecular complexity index is 567. The number of ether oxygens (including phenoxy) is 1. The summed E-state index contributed by atoms with van der Waals surface area (Å²) in [6.45, 7) is 4.26. The van der Waals surface area contributed by atoms with Gasteiger partial charge in [-0.3, -0.25) is 0 Å². The molecular weight excluding hydrogens is 367 g/mol. The van der Waals surface area contributed by atoms with Crippen LogP contribution in [0.3, 0.4) is 0 Å². The predicted molar refractivity (Wildman–Crippen MR) is 71.8 cm³/mol. The SMILES string of the molecule is CCOC(=O)c1c[n+](C)cn1C(C)c1ccccc1.[I-]. The van der Waals surface area contributed by atoms with Gasteiger partial charge in [-0.25, -0.2) is 13.9 Å². The van der Waals surface area contributed by atoms with Crippen LogP contribution >= 0.6 is 0 Å². The molecular formula is C15H19IN2O2. The monoisotopic (exact) mass is 386 g/mol. The fraction of sp³-hybridized carbons (Fsp3) is 0.333. The number of aryl methyl sites for hydroxylation is 1. The van der Waals surface area contributed by atoms with Gasteiger partial charge in [-0.2, -0.15) is 0 Å². The Morgan fingerprint density at radius 2 is 2.00 bits per heavy atom. The maximum atomic E-state index is 12.0. The Hall–Kier alpha value is -1.37. The molecule has 1 heterocycles. The molecule has 1 unspecified atom stereocenters. The number of aromatic nitrogens is 2. The molecule has 0 aliphatic heterocycles. The van der Waals surface area contributed by atoms with Gasteiger partial charge in [-0.05, 0) is 19.4 Å². The summed E-state index contributed by atoms with van der Waals surface area (Å²) < 4.78 is 8.90. The molecule has 20 heavy (non-hydrogen) atoms. The molecule has 0 saturated carbocycles. The van der Waals surface area contributed by atoms with Gasteiger partial charge in [-0.1, -0.05) is 30.3 Å². The van der Waals surface area contributed by atoms with E-state index in [4.69, 9.17) is 4.74 Å². The standard InChI is InChI=1S/C15H19N2O2.HI/c1-4-19-15(18)14-10-16(3)11-17(14)12(2)13-8-6-5-7-9-13;/h5-12H,4H2,1-3H3;1H/q+1;/p-1. The van der Waals surface area contributed by atoms with Crippen molar-refractivity contribution >= 4 is 5.97 Å². The first kappa shape index (κ1) is 16.7. The Morgan fingerprint density at radius 1 is 1.35 bits per heavy atom. The van der Waals surface area contributed by atoms with Gasteiger partial charge < -0.3 is 28.7 Å². The van der Waals surface area contributed by atoms with E-state index in [1.54, 1.807) is 6.20 Å². The highest BCUT2D eigenvalue weighted by atomic mass is 127. The molecule has 0 amide bonds. The van der Waals surface area contributed by atoms with Crippen molar-refractivity contribution in [3.05, 3.63) is 54.1 Å². The zero-order valence-corrected chi connectivity index (χ0v) is 14.1. The van der Waals surface area contributed by atoms with Gasteiger partial charge in [0.1, 0.15) is 12.2 Å². The Labute approximate surface area is 136 Å². The van der Waals surface area contributed by atoms with Gasteiger partial charge in [0.25, 0.3) is 5.69 Å². The Kier molecular flexibility index (Phi) is 6.19. The highest BCUT2D eigenvalue weighted by molar-refractivity contribution is 5.87. The van der Waals surface area contributed by atoms with Crippen LogP contribution in [0.4, 0.5) is 0 Å². The summed E-state index contributed by atoms with van der Waals surface area (Å²) in [5.74, 6) is -0.286. The quantitative estimate of drug-likeness (QED) is 0.388. The van der Waals surface area contributed by atoms with Gasteiger partial charge in [0, 0.05) is 0 Å². The molecule has 0 radical (unpaired) electrons. The van der Waals surface area contributed by atoms with E-state index in [-0.39, 0.29) is 36.0 Å². The van der Waals surface area contributed by atoms with Crippen LogP contribution in [0.25, 0.3) is 0 Å². The molecule has 0 N–H and O–H groups in total. The molecule has 0 aliphatic rings. The average molecular weight is 386 g/mol. The van der Waals surface area contributed by atoms with Gasteiger partial charge in [0.15, 0.2) is 0 Å². The van der Waals surface area contributed by atoms with Crippen LogP contribution in [0, 0.1) is 0 Å². The summed E-state index contributed by atoms with van der Waals surface area (Å²) in [6, 6.07) is 10.2. The maximum absolute atomic E-state index is 12.0. The highest BCUT2D eigenvalue weighted by Gasteiger charge is 2.25. The second-order valence-corrected chi connectivity index (χ2v) is 4.51. The smallest absolute Gasteiger partial charge is 0.382 e. The van der Waals surface area contributed by atoms with Crippen LogP contribution in [-0.2, 0) is 11.8 Å². The molecule has 1 aromatic heterocycles. The topological polar surface area (TPSA) is 35.1 Å². The zero-order chi connectivity index (χ0) is 13.8. The first-order chi connectivity index (χ1) is 9.13. The molecule has 5 heteroatoms. The van der Waals surface area contributed by atoms with Crippen molar-refractivity contribution in [2.75, 3.05) is 6.61 Å². The first-order valence-corrected chi connectivity index (χ1v) is 6.42. The van der Waals surface area contributed by atoms with Gasteiger partial charge >= 0.3 is 5.97 Å². The molecule has 0 bridgehead atoms. The third kappa shape index (κ3) is 3.59. The molecule has 4 nitrogen and oxygen atoms in total. The lowest BCUT2D eigenvalue weighted by Gasteiger charge is -2.10. The first-order valence-electron chi connectivity index (χ1n) is 6.42. The second-order valence-electron chi connectivity index (χ2n) is 4.51. The predicted octanol–water partition coefficient (Wildman–Crippen LogP) is -0.897. The molecule has 0 fully saturated rings. The van der Waals surface area contributed by atoms with Crippen molar-refractivity contribution in [2.45, 2.75) is 19.9 Å². The molecule has 2 rings (SSSR count). The number of imidazole rings is 1. The van der Waals surface area contributed by atoms with Crippen LogP contribution in [0.15, 0.2) is 42.9 Å². The molecule has 1 aromatic carbocycles. The van der Waals surface area contributed by atoms with Crippen molar-refractivity contribution < 1.29 is 38.1 Å². The van der Waals surface area contributed by atoms with Crippen LogP contribution in [-0.4, -0.2) is 17.1 Å². The fourth-order valence-corrected chi connectivity index (χ4v) is 2.12. The number of nitrogens with zero attached hydrogens (tertiary/aromatic N) is 2. The van der Waals surface area contributed by atoms with Crippen LogP contribution in [0.5, 0.6) is 0 Å². The van der Waals surface area contributed by atoms with Gasteiger partial charge in [0.05, 0.1) is 13.7 Å². The van der Waals surface area contributed by atoms with Crippen molar-refractivity contribution in [2.24, 2.45) is 7.05 Å².